The van der Waals surface area contributed by atoms with Crippen LogP contribution in [0.15, 0.2) is 55.8 Å². The Hall–Kier alpha value is -2.95. The van der Waals surface area contributed by atoms with Crippen LogP contribution in [0.2, 0.25) is 0 Å². The number of fused-ring (bicyclic) bond motifs is 1. The molecule has 24 heavy (non-hydrogen) atoms. The average molecular weight is 326 g/mol. The summed E-state index contributed by atoms with van der Waals surface area (Å²) in [7, 11) is 1.45. The highest BCUT2D eigenvalue weighted by Crippen LogP contribution is 2.36. The van der Waals surface area contributed by atoms with Crippen LogP contribution < -0.4 is 10.2 Å². The Labute approximate surface area is 138 Å². The number of methoxy groups -OCH3 is 1. The van der Waals surface area contributed by atoms with Gasteiger partial charge in [-0.1, -0.05) is 11.6 Å². The summed E-state index contributed by atoms with van der Waals surface area (Å²) in [5.74, 6) is 1.06. The van der Waals surface area contributed by atoms with E-state index in [4.69, 9.17) is 13.6 Å². The third-order valence-electron chi connectivity index (χ3n) is 3.74. The Morgan fingerprint density at radius 3 is 2.71 bits per heavy atom. The minimum Gasteiger partial charge on any atom is -0.507 e. The van der Waals surface area contributed by atoms with E-state index in [-0.39, 0.29) is 16.9 Å². The van der Waals surface area contributed by atoms with E-state index in [0.29, 0.717) is 34.5 Å². The van der Waals surface area contributed by atoms with Gasteiger partial charge in [0.2, 0.25) is 0 Å². The number of rotatable bonds is 4. The highest BCUT2D eigenvalue weighted by Gasteiger charge is 2.19. The highest BCUT2D eigenvalue weighted by molar-refractivity contribution is 5.89. The first-order valence-corrected chi connectivity index (χ1v) is 7.55. The SMILES string of the molecule is COc1cc(O)c(CC=C(C)C)c2oc(-c3ccco3)cc(=O)c12. The van der Waals surface area contributed by atoms with E-state index in [0.717, 1.165) is 5.57 Å². The van der Waals surface area contributed by atoms with Crippen molar-refractivity contribution in [2.45, 2.75) is 20.3 Å². The number of allylic oxidation sites excluding steroid dienone is 2. The molecule has 0 radical (unpaired) electrons. The molecule has 0 bridgehead atoms. The topological polar surface area (TPSA) is 72.8 Å². The molecule has 124 valence electrons. The predicted molar refractivity (Wildman–Crippen MR) is 91.5 cm³/mol. The molecular weight excluding hydrogens is 308 g/mol. The molecule has 2 heterocycles. The van der Waals surface area contributed by atoms with Crippen molar-refractivity contribution in [2.75, 3.05) is 7.11 Å². The number of aromatic hydroxyl groups is 1. The van der Waals surface area contributed by atoms with Gasteiger partial charge in [-0.3, -0.25) is 4.79 Å². The van der Waals surface area contributed by atoms with Crippen molar-refractivity contribution in [1.29, 1.82) is 0 Å². The summed E-state index contributed by atoms with van der Waals surface area (Å²) in [6.07, 6.45) is 3.91. The van der Waals surface area contributed by atoms with E-state index in [2.05, 4.69) is 0 Å². The largest absolute Gasteiger partial charge is 0.507 e. The van der Waals surface area contributed by atoms with E-state index in [1.807, 2.05) is 19.9 Å². The van der Waals surface area contributed by atoms with Crippen LogP contribution in [0.4, 0.5) is 0 Å². The molecule has 0 unspecified atom stereocenters. The maximum atomic E-state index is 12.6. The van der Waals surface area contributed by atoms with Crippen molar-refractivity contribution in [1.82, 2.24) is 0 Å². The quantitative estimate of drug-likeness (QED) is 0.725. The Balaban J connectivity index is 2.35. The minimum absolute atomic E-state index is 0.0246. The molecule has 0 fully saturated rings. The summed E-state index contributed by atoms with van der Waals surface area (Å²) >= 11 is 0. The lowest BCUT2D eigenvalue weighted by molar-refractivity contribution is 0.410. The fourth-order valence-corrected chi connectivity index (χ4v) is 2.54. The first kappa shape index (κ1) is 15.9. The van der Waals surface area contributed by atoms with Crippen molar-refractivity contribution < 1.29 is 18.7 Å². The monoisotopic (exact) mass is 326 g/mol. The van der Waals surface area contributed by atoms with Crippen LogP contribution in [-0.4, -0.2) is 12.2 Å². The molecule has 0 aliphatic heterocycles. The molecule has 0 aliphatic rings. The maximum absolute atomic E-state index is 12.6. The summed E-state index contributed by atoms with van der Waals surface area (Å²) in [5, 5.41) is 10.7. The van der Waals surface area contributed by atoms with Crippen LogP contribution in [0.3, 0.4) is 0 Å². The molecule has 0 spiro atoms. The molecule has 0 aliphatic carbocycles. The third kappa shape index (κ3) is 2.80. The van der Waals surface area contributed by atoms with Gasteiger partial charge < -0.3 is 18.7 Å². The zero-order valence-electron chi connectivity index (χ0n) is 13.8. The first-order chi connectivity index (χ1) is 11.5. The van der Waals surface area contributed by atoms with E-state index >= 15 is 0 Å². The summed E-state index contributed by atoms with van der Waals surface area (Å²) in [6.45, 7) is 3.93. The summed E-state index contributed by atoms with van der Waals surface area (Å²) < 4.78 is 16.5. The fraction of sp³-hybridized carbons (Fsp3) is 0.211. The highest BCUT2D eigenvalue weighted by atomic mass is 16.5. The standard InChI is InChI=1S/C19H18O5/c1-11(2)6-7-12-13(20)9-17(22-3)18-14(21)10-16(24-19(12)18)15-5-4-8-23-15/h4-6,8-10,20H,7H2,1-3H3. The number of hydrogen-bond acceptors (Lipinski definition) is 5. The molecule has 1 N–H and O–H groups in total. The van der Waals surface area contributed by atoms with Gasteiger partial charge >= 0.3 is 0 Å². The molecule has 0 saturated carbocycles. The maximum Gasteiger partial charge on any atom is 0.197 e. The summed E-state index contributed by atoms with van der Waals surface area (Å²) in [6, 6.07) is 6.23. The Bertz CT molecular complexity index is 958. The summed E-state index contributed by atoms with van der Waals surface area (Å²) in [5.41, 5.74) is 1.70. The van der Waals surface area contributed by atoms with Gasteiger partial charge in [0.25, 0.3) is 0 Å². The van der Waals surface area contributed by atoms with Gasteiger partial charge in [0.1, 0.15) is 22.5 Å². The van der Waals surface area contributed by atoms with Crippen LogP contribution in [0.25, 0.3) is 22.5 Å². The van der Waals surface area contributed by atoms with Crippen molar-refractivity contribution in [2.24, 2.45) is 0 Å². The zero-order valence-corrected chi connectivity index (χ0v) is 13.8. The van der Waals surface area contributed by atoms with Crippen molar-refractivity contribution >= 4 is 11.0 Å². The molecule has 5 nitrogen and oxygen atoms in total. The molecule has 2 aromatic heterocycles. The first-order valence-electron chi connectivity index (χ1n) is 7.55. The second kappa shape index (κ2) is 6.28. The Morgan fingerprint density at radius 2 is 2.08 bits per heavy atom. The van der Waals surface area contributed by atoms with Crippen LogP contribution in [0.5, 0.6) is 11.5 Å². The van der Waals surface area contributed by atoms with Gasteiger partial charge in [0.05, 0.1) is 13.4 Å². The molecule has 3 aromatic rings. The Kier molecular flexibility index (Phi) is 4.16. The molecule has 3 rings (SSSR count). The normalized spacial score (nSPS) is 10.8. The van der Waals surface area contributed by atoms with Crippen LogP contribution in [0, 0.1) is 0 Å². The molecular formula is C19H18O5. The number of benzene rings is 1. The molecule has 1 aromatic carbocycles. The zero-order chi connectivity index (χ0) is 17.3. The predicted octanol–water partition coefficient (Wildman–Crippen LogP) is 4.28. The lowest BCUT2D eigenvalue weighted by atomic mass is 10.0. The van der Waals surface area contributed by atoms with Crippen molar-refractivity contribution in [3.63, 3.8) is 0 Å². The average Bonchev–Trinajstić information content (AvgIpc) is 3.07. The van der Waals surface area contributed by atoms with Crippen molar-refractivity contribution in [3.8, 4) is 23.0 Å². The number of phenolic OH excluding ortho intramolecular Hbond substituents is 1. The molecule has 5 heteroatoms. The lowest BCUT2D eigenvalue weighted by Gasteiger charge is -2.11. The van der Waals surface area contributed by atoms with Crippen LogP contribution in [0.1, 0.15) is 19.4 Å². The second-order valence-corrected chi connectivity index (χ2v) is 5.72. The third-order valence-corrected chi connectivity index (χ3v) is 3.74. The molecule has 0 saturated heterocycles. The van der Waals surface area contributed by atoms with Gasteiger partial charge in [-0.15, -0.1) is 0 Å². The summed E-state index contributed by atoms with van der Waals surface area (Å²) in [4.78, 5) is 12.6. The second-order valence-electron chi connectivity index (χ2n) is 5.72. The number of ether oxygens (including phenoxy) is 1. The van der Waals surface area contributed by atoms with E-state index < -0.39 is 0 Å². The number of phenols is 1. The van der Waals surface area contributed by atoms with E-state index in [1.54, 1.807) is 12.1 Å². The van der Waals surface area contributed by atoms with E-state index in [1.165, 1.54) is 25.5 Å². The van der Waals surface area contributed by atoms with Crippen LogP contribution >= 0.6 is 0 Å². The van der Waals surface area contributed by atoms with Crippen molar-refractivity contribution in [3.05, 3.63) is 58.0 Å². The number of hydrogen-bond donors (Lipinski definition) is 1. The van der Waals surface area contributed by atoms with Gasteiger partial charge in [-0.2, -0.15) is 0 Å². The van der Waals surface area contributed by atoms with Gasteiger partial charge in [-0.05, 0) is 32.4 Å². The lowest BCUT2D eigenvalue weighted by Crippen LogP contribution is -2.04. The van der Waals surface area contributed by atoms with Gasteiger partial charge in [0.15, 0.2) is 16.9 Å². The molecule has 0 atom stereocenters. The van der Waals surface area contributed by atoms with Gasteiger partial charge in [0, 0.05) is 17.7 Å². The minimum atomic E-state index is -0.252. The van der Waals surface area contributed by atoms with E-state index in [9.17, 15) is 9.90 Å². The Morgan fingerprint density at radius 1 is 1.29 bits per heavy atom. The smallest absolute Gasteiger partial charge is 0.197 e. The van der Waals surface area contributed by atoms with Crippen LogP contribution in [-0.2, 0) is 6.42 Å². The molecule has 0 amide bonds. The van der Waals surface area contributed by atoms with Gasteiger partial charge in [-0.25, -0.2) is 0 Å². The number of furan rings is 1. The fourth-order valence-electron chi connectivity index (χ4n) is 2.54.